The zero-order valence-electron chi connectivity index (χ0n) is 16.9. The Kier molecular flexibility index (Phi) is 4.98. The minimum Gasteiger partial charge on any atom is -0.444 e. The minimum absolute atomic E-state index is 0.00625. The number of hydrogen-bond donors (Lipinski definition) is 0. The predicted molar refractivity (Wildman–Crippen MR) is 98.3 cm³/mol. The van der Waals surface area contributed by atoms with Gasteiger partial charge >= 0.3 is 6.09 Å². The summed E-state index contributed by atoms with van der Waals surface area (Å²) < 4.78 is 5.46. The number of likely N-dealkylation sites (tertiary alicyclic amines) is 1. The lowest BCUT2D eigenvalue weighted by Crippen LogP contribution is -2.44. The van der Waals surface area contributed by atoms with Crippen molar-refractivity contribution in [2.45, 2.75) is 83.3 Å². The van der Waals surface area contributed by atoms with Crippen LogP contribution in [0, 0.1) is 0 Å². The van der Waals surface area contributed by atoms with Crippen LogP contribution >= 0.6 is 0 Å². The Morgan fingerprint density at radius 2 is 1.70 bits per heavy atom. The number of rotatable bonds is 7. The zero-order chi connectivity index (χ0) is 19.9. The fourth-order valence-electron chi connectivity index (χ4n) is 3.19. The fraction of sp³-hybridized carbons (Fsp3) is 0.889. The van der Waals surface area contributed by atoms with Crippen LogP contribution in [0.3, 0.4) is 0 Å². The third kappa shape index (κ3) is 5.46. The van der Waals surface area contributed by atoms with E-state index in [1.54, 1.807) is 4.90 Å². The van der Waals surface area contributed by atoms with Gasteiger partial charge in [-0.05, 0) is 41.0 Å². The number of amides is 2. The van der Waals surface area contributed by atoms with Crippen molar-refractivity contribution < 1.29 is 14.3 Å². The summed E-state index contributed by atoms with van der Waals surface area (Å²) in [6.45, 7) is 11.1. The first-order valence-electron chi connectivity index (χ1n) is 9.64. The normalized spacial score (nSPS) is 24.0. The van der Waals surface area contributed by atoms with Gasteiger partial charge in [0, 0.05) is 38.9 Å². The maximum absolute atomic E-state index is 12.9. The molecule has 0 bridgehead atoms. The summed E-state index contributed by atoms with van der Waals surface area (Å²) in [5.41, 5.74) is -1.26. The molecule has 0 saturated carbocycles. The summed E-state index contributed by atoms with van der Waals surface area (Å²) in [4.78, 5) is 28.8. The van der Waals surface area contributed by atoms with Crippen LogP contribution in [0.4, 0.5) is 4.79 Å². The number of carbonyl (C=O) groups is 2. The van der Waals surface area contributed by atoms with Crippen molar-refractivity contribution in [2.75, 3.05) is 19.6 Å². The molecule has 9 nitrogen and oxygen atoms in total. The first-order chi connectivity index (χ1) is 12.5. The molecule has 9 heteroatoms. The molecule has 0 aliphatic carbocycles. The SMILES string of the molecule is CC1(CCC(=O)N(CCC2(C)N=N2)[C@@H]2CCN(C(=O)OC(C)(C)C)C2)N=N1. The van der Waals surface area contributed by atoms with Crippen molar-refractivity contribution in [2.24, 2.45) is 20.5 Å². The standard InChI is InChI=1S/C18H30N6O3/c1-16(2,3)27-15(26)23-10-7-13(12-23)24(11-9-18(5)21-22-18)14(25)6-8-17(4)19-20-17/h13H,6-12H2,1-5H3/t13-/m1/s1. The maximum atomic E-state index is 12.9. The van der Waals surface area contributed by atoms with Crippen LogP contribution < -0.4 is 0 Å². The molecule has 0 unspecified atom stereocenters. The first kappa shape index (κ1) is 19.7. The highest BCUT2D eigenvalue weighted by Crippen LogP contribution is 2.34. The van der Waals surface area contributed by atoms with E-state index in [4.69, 9.17) is 4.74 Å². The van der Waals surface area contributed by atoms with Gasteiger partial charge in [0.1, 0.15) is 5.60 Å². The summed E-state index contributed by atoms with van der Waals surface area (Å²) in [6.07, 6.45) is 2.16. The van der Waals surface area contributed by atoms with Gasteiger partial charge in [-0.1, -0.05) is 0 Å². The lowest BCUT2D eigenvalue weighted by molar-refractivity contribution is -0.133. The Bertz CT molecular complexity index is 656. The molecule has 2 amide bonds. The highest BCUT2D eigenvalue weighted by molar-refractivity contribution is 5.77. The number of carbonyl (C=O) groups excluding carboxylic acids is 2. The van der Waals surface area contributed by atoms with Crippen LogP contribution in [0.25, 0.3) is 0 Å². The van der Waals surface area contributed by atoms with Crippen LogP contribution in [0.5, 0.6) is 0 Å². The largest absolute Gasteiger partial charge is 0.444 e. The Morgan fingerprint density at radius 1 is 1.11 bits per heavy atom. The average molecular weight is 378 g/mol. The molecule has 0 spiro atoms. The molecule has 3 rings (SSSR count). The molecule has 0 radical (unpaired) electrons. The van der Waals surface area contributed by atoms with Gasteiger partial charge in [-0.25, -0.2) is 4.79 Å². The maximum Gasteiger partial charge on any atom is 0.410 e. The van der Waals surface area contributed by atoms with E-state index in [0.29, 0.717) is 38.9 Å². The monoisotopic (exact) mass is 378 g/mol. The molecule has 27 heavy (non-hydrogen) atoms. The van der Waals surface area contributed by atoms with Crippen molar-refractivity contribution >= 4 is 12.0 Å². The summed E-state index contributed by atoms with van der Waals surface area (Å²) >= 11 is 0. The molecule has 0 N–H and O–H groups in total. The van der Waals surface area contributed by atoms with Crippen LogP contribution in [0.15, 0.2) is 20.5 Å². The van der Waals surface area contributed by atoms with Crippen LogP contribution in [-0.4, -0.2) is 64.4 Å². The molecule has 3 aliphatic rings. The summed E-state index contributed by atoms with van der Waals surface area (Å²) in [5, 5.41) is 16.1. The lowest BCUT2D eigenvalue weighted by Gasteiger charge is -2.30. The summed E-state index contributed by atoms with van der Waals surface area (Å²) in [5.74, 6) is 0.0776. The van der Waals surface area contributed by atoms with Gasteiger partial charge in [-0.15, -0.1) is 0 Å². The van der Waals surface area contributed by atoms with Crippen LogP contribution in [0.1, 0.15) is 60.3 Å². The fourth-order valence-corrected chi connectivity index (χ4v) is 3.19. The van der Waals surface area contributed by atoms with E-state index in [0.717, 1.165) is 6.42 Å². The van der Waals surface area contributed by atoms with E-state index in [1.165, 1.54) is 0 Å². The van der Waals surface area contributed by atoms with E-state index in [1.807, 2.05) is 39.5 Å². The highest BCUT2D eigenvalue weighted by Gasteiger charge is 2.40. The molecule has 1 atom stereocenters. The van der Waals surface area contributed by atoms with Gasteiger partial charge in [0.2, 0.25) is 5.91 Å². The highest BCUT2D eigenvalue weighted by atomic mass is 16.6. The molecule has 3 aliphatic heterocycles. The number of hydrogen-bond acceptors (Lipinski definition) is 7. The summed E-state index contributed by atoms with van der Waals surface area (Å²) in [7, 11) is 0. The third-order valence-corrected chi connectivity index (χ3v) is 5.10. The molecule has 1 saturated heterocycles. The second-order valence-electron chi connectivity index (χ2n) is 9.04. The third-order valence-electron chi connectivity index (χ3n) is 5.10. The molecular weight excluding hydrogens is 348 g/mol. The van der Waals surface area contributed by atoms with Crippen molar-refractivity contribution in [3.05, 3.63) is 0 Å². The van der Waals surface area contributed by atoms with Gasteiger partial charge in [0.05, 0.1) is 6.04 Å². The van der Waals surface area contributed by atoms with Gasteiger partial charge in [-0.2, -0.15) is 20.5 Å². The van der Waals surface area contributed by atoms with Crippen molar-refractivity contribution in [3.8, 4) is 0 Å². The Balaban J connectivity index is 1.57. The first-order valence-corrected chi connectivity index (χ1v) is 9.64. The molecular formula is C18H30N6O3. The molecule has 150 valence electrons. The van der Waals surface area contributed by atoms with Crippen molar-refractivity contribution in [3.63, 3.8) is 0 Å². The quantitative estimate of drug-likeness (QED) is 0.679. The smallest absolute Gasteiger partial charge is 0.410 e. The molecule has 1 fully saturated rings. The topological polar surface area (TPSA) is 99.3 Å². The molecule has 0 aromatic carbocycles. The second-order valence-corrected chi connectivity index (χ2v) is 9.04. The Hall–Kier alpha value is -2.06. The number of ether oxygens (including phenoxy) is 1. The molecule has 3 heterocycles. The van der Waals surface area contributed by atoms with E-state index >= 15 is 0 Å². The minimum atomic E-state index is -0.527. The van der Waals surface area contributed by atoms with E-state index in [-0.39, 0.29) is 29.4 Å². The van der Waals surface area contributed by atoms with Gasteiger partial charge in [0.25, 0.3) is 0 Å². The van der Waals surface area contributed by atoms with E-state index in [2.05, 4.69) is 20.5 Å². The van der Waals surface area contributed by atoms with Gasteiger partial charge in [0.15, 0.2) is 11.3 Å². The van der Waals surface area contributed by atoms with Crippen LogP contribution in [0.2, 0.25) is 0 Å². The van der Waals surface area contributed by atoms with Crippen LogP contribution in [-0.2, 0) is 9.53 Å². The van der Waals surface area contributed by atoms with E-state index < -0.39 is 5.60 Å². The van der Waals surface area contributed by atoms with Gasteiger partial charge in [-0.3, -0.25) is 4.79 Å². The lowest BCUT2D eigenvalue weighted by atomic mass is 10.1. The summed E-state index contributed by atoms with van der Waals surface area (Å²) in [6, 6.07) is -0.00625. The molecule has 0 aromatic heterocycles. The van der Waals surface area contributed by atoms with Gasteiger partial charge < -0.3 is 14.5 Å². The predicted octanol–water partition coefficient (Wildman–Crippen LogP) is 3.36. The van der Waals surface area contributed by atoms with E-state index in [9.17, 15) is 9.59 Å². The molecule has 0 aromatic rings. The average Bonchev–Trinajstić information content (AvgIpc) is 3.42. The number of nitrogens with zero attached hydrogens (tertiary/aromatic N) is 6. The zero-order valence-corrected chi connectivity index (χ0v) is 16.9. The second kappa shape index (κ2) is 6.83. The van der Waals surface area contributed by atoms with Crippen molar-refractivity contribution in [1.82, 2.24) is 9.80 Å². The Morgan fingerprint density at radius 3 is 2.26 bits per heavy atom. The Labute approximate surface area is 160 Å². The van der Waals surface area contributed by atoms with Crippen molar-refractivity contribution in [1.29, 1.82) is 0 Å².